The molecular formula is C13H28O2. The molecule has 2 atom stereocenters. The van der Waals surface area contributed by atoms with Crippen molar-refractivity contribution in [3.05, 3.63) is 0 Å². The Kier molecular flexibility index (Phi) is 10.4. The van der Waals surface area contributed by atoms with E-state index in [1.807, 2.05) is 6.92 Å². The van der Waals surface area contributed by atoms with Crippen LogP contribution >= 0.6 is 0 Å². The zero-order chi connectivity index (χ0) is 11.5. The summed E-state index contributed by atoms with van der Waals surface area (Å²) in [6.45, 7) is 4.36. The third-order valence-electron chi connectivity index (χ3n) is 3.16. The Morgan fingerprint density at radius 1 is 0.933 bits per heavy atom. The molecule has 0 fully saturated rings. The predicted octanol–water partition coefficient (Wildman–Crippen LogP) is 3.12. The van der Waals surface area contributed by atoms with E-state index in [1.165, 1.54) is 32.1 Å². The Bertz CT molecular complexity index is 122. The van der Waals surface area contributed by atoms with E-state index in [-0.39, 0.29) is 18.6 Å². The van der Waals surface area contributed by atoms with E-state index in [2.05, 4.69) is 6.92 Å². The molecule has 15 heavy (non-hydrogen) atoms. The van der Waals surface area contributed by atoms with Crippen LogP contribution in [0.2, 0.25) is 0 Å². The molecule has 2 N–H and O–H groups in total. The normalized spacial score (nSPS) is 15.2. The van der Waals surface area contributed by atoms with E-state index < -0.39 is 0 Å². The first-order valence-electron chi connectivity index (χ1n) is 6.55. The van der Waals surface area contributed by atoms with Gasteiger partial charge >= 0.3 is 0 Å². The maximum Gasteiger partial charge on any atom is 0.0590 e. The molecule has 2 unspecified atom stereocenters. The van der Waals surface area contributed by atoms with Crippen LogP contribution in [0.25, 0.3) is 0 Å². The van der Waals surface area contributed by atoms with Crippen molar-refractivity contribution in [2.45, 2.75) is 71.3 Å². The molecule has 0 aliphatic heterocycles. The van der Waals surface area contributed by atoms with E-state index in [0.717, 1.165) is 19.3 Å². The summed E-state index contributed by atoms with van der Waals surface area (Å²) < 4.78 is 0. The van der Waals surface area contributed by atoms with Crippen molar-refractivity contribution in [1.29, 1.82) is 0 Å². The second kappa shape index (κ2) is 10.4. The smallest absolute Gasteiger partial charge is 0.0590 e. The maximum atomic E-state index is 9.75. The lowest BCUT2D eigenvalue weighted by Gasteiger charge is -2.18. The van der Waals surface area contributed by atoms with Crippen LogP contribution in [-0.4, -0.2) is 22.9 Å². The first-order chi connectivity index (χ1) is 7.26. The summed E-state index contributed by atoms with van der Waals surface area (Å²) in [5.41, 5.74) is 0. The monoisotopic (exact) mass is 216 g/mol. The number of unbranched alkanes of at least 4 members (excludes halogenated alkanes) is 5. The predicted molar refractivity (Wildman–Crippen MR) is 64.9 cm³/mol. The fourth-order valence-corrected chi connectivity index (χ4v) is 1.89. The Hall–Kier alpha value is -0.0800. The zero-order valence-electron chi connectivity index (χ0n) is 10.4. The molecule has 2 heteroatoms. The minimum atomic E-state index is -0.300. The second-order valence-electron chi connectivity index (χ2n) is 4.47. The summed E-state index contributed by atoms with van der Waals surface area (Å²) in [6, 6.07) is 0. The van der Waals surface area contributed by atoms with Gasteiger partial charge in [-0.25, -0.2) is 0 Å². The molecule has 0 aliphatic carbocycles. The van der Waals surface area contributed by atoms with Crippen molar-refractivity contribution in [2.75, 3.05) is 6.61 Å². The van der Waals surface area contributed by atoms with Crippen molar-refractivity contribution < 1.29 is 10.2 Å². The van der Waals surface area contributed by atoms with Gasteiger partial charge in [-0.15, -0.1) is 0 Å². The zero-order valence-corrected chi connectivity index (χ0v) is 10.4. The van der Waals surface area contributed by atoms with E-state index in [4.69, 9.17) is 5.11 Å². The molecule has 2 nitrogen and oxygen atoms in total. The summed E-state index contributed by atoms with van der Waals surface area (Å²) in [6.07, 6.45) is 8.97. The molecule has 0 spiro atoms. The van der Waals surface area contributed by atoms with Gasteiger partial charge in [0.2, 0.25) is 0 Å². The van der Waals surface area contributed by atoms with Crippen molar-refractivity contribution >= 4 is 0 Å². The number of hydrogen-bond acceptors (Lipinski definition) is 2. The summed E-state index contributed by atoms with van der Waals surface area (Å²) in [4.78, 5) is 0. The average Bonchev–Trinajstić information content (AvgIpc) is 2.25. The Morgan fingerprint density at radius 2 is 1.53 bits per heavy atom. The number of rotatable bonds is 10. The van der Waals surface area contributed by atoms with Gasteiger partial charge in [-0.05, 0) is 12.8 Å². The highest BCUT2D eigenvalue weighted by molar-refractivity contribution is 4.66. The average molecular weight is 216 g/mol. The number of aliphatic hydroxyl groups excluding tert-OH is 2. The van der Waals surface area contributed by atoms with Crippen LogP contribution in [-0.2, 0) is 0 Å². The Labute approximate surface area is 94.7 Å². The van der Waals surface area contributed by atoms with E-state index in [0.29, 0.717) is 0 Å². The number of hydrogen-bond donors (Lipinski definition) is 2. The molecule has 0 bridgehead atoms. The van der Waals surface area contributed by atoms with Gasteiger partial charge in [-0.3, -0.25) is 0 Å². The highest BCUT2D eigenvalue weighted by Gasteiger charge is 2.15. The lowest BCUT2D eigenvalue weighted by Crippen LogP contribution is -2.22. The first kappa shape index (κ1) is 14.9. The lowest BCUT2D eigenvalue weighted by molar-refractivity contribution is 0.0569. The third kappa shape index (κ3) is 7.80. The molecule has 0 radical (unpaired) electrons. The minimum Gasteiger partial charge on any atom is -0.396 e. The largest absolute Gasteiger partial charge is 0.396 e. The molecule has 0 heterocycles. The van der Waals surface area contributed by atoms with Crippen molar-refractivity contribution in [3.8, 4) is 0 Å². The van der Waals surface area contributed by atoms with Gasteiger partial charge in [0, 0.05) is 12.5 Å². The Balaban J connectivity index is 3.33. The van der Waals surface area contributed by atoms with Crippen LogP contribution in [0.5, 0.6) is 0 Å². The summed E-state index contributed by atoms with van der Waals surface area (Å²) in [5, 5.41) is 18.8. The van der Waals surface area contributed by atoms with Crippen LogP contribution in [0.15, 0.2) is 0 Å². The minimum absolute atomic E-state index is 0.0839. The van der Waals surface area contributed by atoms with Gasteiger partial charge in [0.1, 0.15) is 0 Å². The van der Waals surface area contributed by atoms with Gasteiger partial charge in [-0.1, -0.05) is 52.4 Å². The molecule has 0 aromatic rings. The first-order valence-corrected chi connectivity index (χ1v) is 6.55. The fourth-order valence-electron chi connectivity index (χ4n) is 1.89. The molecule has 0 rings (SSSR count). The maximum absolute atomic E-state index is 9.75. The molecular weight excluding hydrogens is 188 g/mol. The standard InChI is InChI=1S/C13H28O2/c1-3-5-6-7-8-9-10-13(15)12(4-2)11-14/h12-15H,3-11H2,1-2H3. The third-order valence-corrected chi connectivity index (χ3v) is 3.16. The fraction of sp³-hybridized carbons (Fsp3) is 1.00. The quantitative estimate of drug-likeness (QED) is 0.551. The Morgan fingerprint density at radius 3 is 2.07 bits per heavy atom. The van der Waals surface area contributed by atoms with Crippen LogP contribution in [0.4, 0.5) is 0 Å². The van der Waals surface area contributed by atoms with E-state index in [1.54, 1.807) is 0 Å². The topological polar surface area (TPSA) is 40.5 Å². The van der Waals surface area contributed by atoms with E-state index in [9.17, 15) is 5.11 Å². The highest BCUT2D eigenvalue weighted by atomic mass is 16.3. The molecule has 0 aromatic carbocycles. The summed E-state index contributed by atoms with van der Waals surface area (Å²) in [5.74, 6) is 0.0839. The SMILES string of the molecule is CCCCCCCCC(O)C(CC)CO. The number of aliphatic hydroxyl groups is 2. The van der Waals surface area contributed by atoms with Crippen molar-refractivity contribution in [2.24, 2.45) is 5.92 Å². The molecule has 92 valence electrons. The van der Waals surface area contributed by atoms with Crippen LogP contribution < -0.4 is 0 Å². The van der Waals surface area contributed by atoms with Gasteiger partial charge in [-0.2, -0.15) is 0 Å². The van der Waals surface area contributed by atoms with Crippen LogP contribution in [0.1, 0.15) is 65.2 Å². The van der Waals surface area contributed by atoms with Crippen LogP contribution in [0, 0.1) is 5.92 Å². The molecule has 0 amide bonds. The van der Waals surface area contributed by atoms with Crippen molar-refractivity contribution in [3.63, 3.8) is 0 Å². The van der Waals surface area contributed by atoms with Crippen molar-refractivity contribution in [1.82, 2.24) is 0 Å². The molecule has 0 saturated carbocycles. The van der Waals surface area contributed by atoms with Gasteiger partial charge < -0.3 is 10.2 Å². The molecule has 0 aromatic heterocycles. The summed E-state index contributed by atoms with van der Waals surface area (Å²) in [7, 11) is 0. The second-order valence-corrected chi connectivity index (χ2v) is 4.47. The van der Waals surface area contributed by atoms with Gasteiger partial charge in [0.05, 0.1) is 6.10 Å². The molecule has 0 aliphatic rings. The lowest BCUT2D eigenvalue weighted by atomic mass is 9.95. The van der Waals surface area contributed by atoms with Gasteiger partial charge in [0.15, 0.2) is 0 Å². The van der Waals surface area contributed by atoms with E-state index >= 15 is 0 Å². The summed E-state index contributed by atoms with van der Waals surface area (Å²) >= 11 is 0. The highest BCUT2D eigenvalue weighted by Crippen LogP contribution is 2.15. The molecule has 0 saturated heterocycles. The van der Waals surface area contributed by atoms with Crippen LogP contribution in [0.3, 0.4) is 0 Å². The van der Waals surface area contributed by atoms with Gasteiger partial charge in [0.25, 0.3) is 0 Å².